The summed E-state index contributed by atoms with van der Waals surface area (Å²) in [6, 6.07) is 0. The van der Waals surface area contributed by atoms with Crippen molar-refractivity contribution in [2.24, 2.45) is 11.8 Å². The molecule has 1 fully saturated rings. The fourth-order valence-electron chi connectivity index (χ4n) is 3.57. The summed E-state index contributed by atoms with van der Waals surface area (Å²) in [6.45, 7) is 17.4. The zero-order valence-corrected chi connectivity index (χ0v) is 12.8. The molecule has 1 aliphatic rings. The Balaban J connectivity index is 2.45. The van der Waals surface area contributed by atoms with Crippen LogP contribution in [0.15, 0.2) is 0 Å². The van der Waals surface area contributed by atoms with Gasteiger partial charge in [0.25, 0.3) is 0 Å². The highest BCUT2D eigenvalue weighted by molar-refractivity contribution is 6.43. The molecule has 0 saturated carbocycles. The van der Waals surface area contributed by atoms with Gasteiger partial charge < -0.3 is 4.74 Å². The van der Waals surface area contributed by atoms with Crippen molar-refractivity contribution in [3.8, 4) is 0 Å². The van der Waals surface area contributed by atoms with Gasteiger partial charge in [-0.2, -0.15) is 0 Å². The normalized spacial score (nSPS) is 22.7. The second-order valence-electron chi connectivity index (χ2n) is 7.77. The summed E-state index contributed by atoms with van der Waals surface area (Å²) in [5.74, 6) is 1.46. The van der Waals surface area contributed by atoms with Crippen LogP contribution in [-0.4, -0.2) is 20.0 Å². The molecule has 1 saturated heterocycles. The monoisotopic (exact) mass is 237 g/mol. The van der Waals surface area contributed by atoms with Crippen molar-refractivity contribution in [2.45, 2.75) is 78.0 Å². The second kappa shape index (κ2) is 5.34. The van der Waals surface area contributed by atoms with Crippen LogP contribution < -0.4 is 0 Å². The number of rotatable bonds is 7. The first-order valence-electron chi connectivity index (χ1n) is 7.10. The Morgan fingerprint density at radius 1 is 1.06 bits per heavy atom. The lowest BCUT2D eigenvalue weighted by Crippen LogP contribution is -2.27. The van der Waals surface area contributed by atoms with Gasteiger partial charge in [-0.25, -0.2) is 0 Å². The fraction of sp³-hybridized carbons (Fsp3) is 1.00. The molecule has 1 rings (SSSR count). The van der Waals surface area contributed by atoms with Gasteiger partial charge in [-0.15, -0.1) is 0 Å². The standard InChI is InChI=1S/C15H30BO/c1-11(2)8-14(4,5)16-15(6,7)9-12(3)13-10-17-13/h11-13H,8-10H2,1-7H3. The molecule has 0 N–H and O–H groups in total. The van der Waals surface area contributed by atoms with Crippen LogP contribution in [0.3, 0.4) is 0 Å². The average molecular weight is 237 g/mol. The Morgan fingerprint density at radius 2 is 1.53 bits per heavy atom. The van der Waals surface area contributed by atoms with Crippen LogP contribution in [0.4, 0.5) is 0 Å². The molecule has 2 atom stereocenters. The van der Waals surface area contributed by atoms with Crippen LogP contribution in [0.5, 0.6) is 0 Å². The van der Waals surface area contributed by atoms with Gasteiger partial charge in [-0.05, 0) is 11.8 Å². The molecule has 17 heavy (non-hydrogen) atoms. The summed E-state index contributed by atoms with van der Waals surface area (Å²) >= 11 is 0. The van der Waals surface area contributed by atoms with Gasteiger partial charge in [0.2, 0.25) is 0 Å². The topological polar surface area (TPSA) is 12.5 Å². The Bertz CT molecular complexity index is 241. The Hall–Kier alpha value is 0.0249. The number of hydrogen-bond acceptors (Lipinski definition) is 1. The third kappa shape index (κ3) is 5.95. The molecule has 0 bridgehead atoms. The lowest BCUT2D eigenvalue weighted by Gasteiger charge is -2.36. The Labute approximate surface area is 109 Å². The van der Waals surface area contributed by atoms with Gasteiger partial charge >= 0.3 is 0 Å². The predicted octanol–water partition coefficient (Wildman–Crippen LogP) is 4.56. The predicted molar refractivity (Wildman–Crippen MR) is 76.8 cm³/mol. The SMILES string of the molecule is CC(C)CC(C)(C)[B]C(C)(C)CC(C)C1CO1. The molecule has 0 aromatic heterocycles. The number of ether oxygens (including phenoxy) is 1. The minimum absolute atomic E-state index is 0.309. The van der Waals surface area contributed by atoms with Crippen LogP contribution in [0.2, 0.25) is 10.6 Å². The van der Waals surface area contributed by atoms with Gasteiger partial charge in [0.1, 0.15) is 7.28 Å². The minimum Gasteiger partial charge on any atom is -0.373 e. The first-order valence-corrected chi connectivity index (χ1v) is 7.10. The Kier molecular flexibility index (Phi) is 4.74. The van der Waals surface area contributed by atoms with Crippen LogP contribution in [0, 0.1) is 11.8 Å². The van der Waals surface area contributed by atoms with Crippen molar-refractivity contribution in [3.63, 3.8) is 0 Å². The van der Waals surface area contributed by atoms with Crippen LogP contribution in [0.1, 0.15) is 61.3 Å². The summed E-state index contributed by atoms with van der Waals surface area (Å²) in [5.41, 5.74) is 0. The highest BCUT2D eigenvalue weighted by atomic mass is 16.6. The van der Waals surface area contributed by atoms with Gasteiger partial charge in [0.15, 0.2) is 0 Å². The quantitative estimate of drug-likeness (QED) is 0.467. The lowest BCUT2D eigenvalue weighted by atomic mass is 9.38. The van der Waals surface area contributed by atoms with Crippen molar-refractivity contribution in [3.05, 3.63) is 0 Å². The maximum Gasteiger partial charge on any atom is 0.124 e. The molecule has 1 nitrogen and oxygen atoms in total. The van der Waals surface area contributed by atoms with E-state index in [2.05, 4.69) is 55.7 Å². The van der Waals surface area contributed by atoms with Crippen LogP contribution in [0.25, 0.3) is 0 Å². The number of hydrogen-bond donors (Lipinski definition) is 0. The summed E-state index contributed by atoms with van der Waals surface area (Å²) in [6.07, 6.45) is 3.04. The van der Waals surface area contributed by atoms with E-state index in [9.17, 15) is 0 Å². The van der Waals surface area contributed by atoms with E-state index in [1.807, 2.05) is 0 Å². The second-order valence-corrected chi connectivity index (χ2v) is 7.77. The average Bonchev–Trinajstić information content (AvgIpc) is 2.76. The van der Waals surface area contributed by atoms with E-state index in [4.69, 9.17) is 4.74 Å². The van der Waals surface area contributed by atoms with E-state index in [0.29, 0.717) is 22.7 Å². The van der Waals surface area contributed by atoms with Crippen LogP contribution in [-0.2, 0) is 4.74 Å². The van der Waals surface area contributed by atoms with Crippen LogP contribution >= 0.6 is 0 Å². The molecule has 0 aliphatic carbocycles. The molecule has 0 aromatic carbocycles. The maximum absolute atomic E-state index is 5.40. The summed E-state index contributed by atoms with van der Waals surface area (Å²) < 4.78 is 5.40. The van der Waals surface area contributed by atoms with E-state index in [-0.39, 0.29) is 0 Å². The van der Waals surface area contributed by atoms with E-state index >= 15 is 0 Å². The molecule has 1 heterocycles. The molecule has 2 unspecified atom stereocenters. The number of epoxide rings is 1. The van der Waals surface area contributed by atoms with Crippen molar-refractivity contribution in [2.75, 3.05) is 6.61 Å². The highest BCUT2D eigenvalue weighted by Gasteiger charge is 2.36. The van der Waals surface area contributed by atoms with E-state index in [1.54, 1.807) is 0 Å². The molecule has 1 aliphatic heterocycles. The third-order valence-corrected chi connectivity index (χ3v) is 3.56. The summed E-state index contributed by atoms with van der Waals surface area (Å²) in [5, 5.41) is 0.644. The lowest BCUT2D eigenvalue weighted by molar-refractivity contribution is 0.310. The minimum atomic E-state index is 0.309. The fourth-order valence-corrected chi connectivity index (χ4v) is 3.57. The largest absolute Gasteiger partial charge is 0.373 e. The van der Waals surface area contributed by atoms with Crippen molar-refractivity contribution >= 4 is 7.28 Å². The van der Waals surface area contributed by atoms with E-state index < -0.39 is 0 Å². The zero-order chi connectivity index (χ0) is 13.3. The zero-order valence-electron chi connectivity index (χ0n) is 12.8. The highest BCUT2D eigenvalue weighted by Crippen LogP contribution is 2.45. The first kappa shape index (κ1) is 15.1. The van der Waals surface area contributed by atoms with Gasteiger partial charge in [-0.1, -0.05) is 71.9 Å². The molecule has 0 amide bonds. The van der Waals surface area contributed by atoms with Crippen molar-refractivity contribution in [1.29, 1.82) is 0 Å². The molecule has 99 valence electrons. The Morgan fingerprint density at radius 3 is 1.94 bits per heavy atom. The van der Waals surface area contributed by atoms with Gasteiger partial charge in [0.05, 0.1) is 12.7 Å². The summed E-state index contributed by atoms with van der Waals surface area (Å²) in [4.78, 5) is 0. The molecule has 1 radical (unpaired) electrons. The van der Waals surface area contributed by atoms with Crippen molar-refractivity contribution < 1.29 is 4.74 Å². The summed E-state index contributed by atoms with van der Waals surface area (Å²) in [7, 11) is 2.57. The smallest absolute Gasteiger partial charge is 0.124 e. The van der Waals surface area contributed by atoms with E-state index in [1.165, 1.54) is 12.8 Å². The molecule has 0 aromatic rings. The molecular weight excluding hydrogens is 207 g/mol. The molecule has 2 heteroatoms. The third-order valence-electron chi connectivity index (χ3n) is 3.56. The molecular formula is C15H30BO. The van der Waals surface area contributed by atoms with Gasteiger partial charge in [0, 0.05) is 0 Å². The van der Waals surface area contributed by atoms with Gasteiger partial charge in [-0.3, -0.25) is 0 Å². The van der Waals surface area contributed by atoms with E-state index in [0.717, 1.165) is 12.5 Å². The molecule has 0 spiro atoms. The maximum atomic E-state index is 5.40. The van der Waals surface area contributed by atoms with Crippen molar-refractivity contribution in [1.82, 2.24) is 0 Å². The first-order chi connectivity index (χ1) is 7.61.